The summed E-state index contributed by atoms with van der Waals surface area (Å²) in [6.45, 7) is 3.66. The third kappa shape index (κ3) is 5.32. The summed E-state index contributed by atoms with van der Waals surface area (Å²) in [6, 6.07) is 13.2. The summed E-state index contributed by atoms with van der Waals surface area (Å²) in [7, 11) is -3.46. The highest BCUT2D eigenvalue weighted by atomic mass is 32.2. The van der Waals surface area contributed by atoms with Crippen LogP contribution in [0.15, 0.2) is 53.3 Å². The molecule has 1 aromatic heterocycles. The van der Waals surface area contributed by atoms with Gasteiger partial charge in [-0.15, -0.1) is 0 Å². The zero-order valence-electron chi connectivity index (χ0n) is 16.8. The van der Waals surface area contributed by atoms with Crippen LogP contribution in [0, 0.1) is 6.92 Å². The standard InChI is InChI=1S/C21H22N4O4S/c1-4-16-12-19(26)24-20(22-16)14-6-5-7-17(10-14)23-21(27)15-9-8-13(2)18(11-15)25-30(3,28)29/h5-12,25H,4H2,1-3H3,(H,23,27)(H,22,24,26). The predicted molar refractivity (Wildman–Crippen MR) is 117 cm³/mol. The van der Waals surface area contributed by atoms with Gasteiger partial charge in [0.2, 0.25) is 10.0 Å². The molecule has 156 valence electrons. The number of hydrogen-bond donors (Lipinski definition) is 3. The SMILES string of the molecule is CCc1cc(=O)[nH]c(-c2cccc(NC(=O)c3ccc(C)c(NS(C)(=O)=O)c3)c2)n1. The fourth-order valence-corrected chi connectivity index (χ4v) is 3.47. The number of H-pyrrole nitrogens is 1. The van der Waals surface area contributed by atoms with Gasteiger partial charge < -0.3 is 10.3 Å². The molecule has 0 aliphatic rings. The first kappa shape index (κ1) is 21.3. The highest BCUT2D eigenvalue weighted by molar-refractivity contribution is 7.92. The van der Waals surface area contributed by atoms with Crippen molar-refractivity contribution in [3.8, 4) is 11.4 Å². The van der Waals surface area contributed by atoms with Gasteiger partial charge in [0.1, 0.15) is 5.82 Å². The van der Waals surface area contributed by atoms with Gasteiger partial charge in [0.15, 0.2) is 0 Å². The highest BCUT2D eigenvalue weighted by Gasteiger charge is 2.12. The molecule has 0 fully saturated rings. The number of rotatable bonds is 6. The second-order valence-electron chi connectivity index (χ2n) is 6.88. The van der Waals surface area contributed by atoms with Crippen molar-refractivity contribution < 1.29 is 13.2 Å². The molecule has 0 bridgehead atoms. The van der Waals surface area contributed by atoms with Crippen LogP contribution in [-0.2, 0) is 16.4 Å². The Hall–Kier alpha value is -3.46. The molecule has 0 radical (unpaired) electrons. The summed E-state index contributed by atoms with van der Waals surface area (Å²) in [6.07, 6.45) is 1.68. The van der Waals surface area contributed by atoms with Crippen molar-refractivity contribution in [1.29, 1.82) is 0 Å². The molecule has 0 aliphatic heterocycles. The maximum atomic E-state index is 12.7. The zero-order chi connectivity index (χ0) is 21.9. The molecule has 0 atom stereocenters. The zero-order valence-corrected chi connectivity index (χ0v) is 17.6. The molecule has 2 aromatic carbocycles. The summed E-state index contributed by atoms with van der Waals surface area (Å²) >= 11 is 0. The lowest BCUT2D eigenvalue weighted by Crippen LogP contribution is -2.15. The average molecular weight is 426 g/mol. The third-order valence-electron chi connectivity index (χ3n) is 4.35. The van der Waals surface area contributed by atoms with Crippen LogP contribution >= 0.6 is 0 Å². The minimum atomic E-state index is -3.46. The van der Waals surface area contributed by atoms with Gasteiger partial charge in [-0.25, -0.2) is 13.4 Å². The number of nitrogens with one attached hydrogen (secondary N) is 3. The highest BCUT2D eigenvalue weighted by Crippen LogP contribution is 2.22. The quantitative estimate of drug-likeness (QED) is 0.560. The molecule has 3 aromatic rings. The minimum absolute atomic E-state index is 0.239. The van der Waals surface area contributed by atoms with Crippen molar-refractivity contribution >= 4 is 27.3 Å². The molecule has 1 heterocycles. The number of aromatic nitrogens is 2. The van der Waals surface area contributed by atoms with Crippen molar-refractivity contribution in [1.82, 2.24) is 9.97 Å². The van der Waals surface area contributed by atoms with Crippen LogP contribution < -0.4 is 15.6 Å². The maximum Gasteiger partial charge on any atom is 0.255 e. The molecule has 1 amide bonds. The fourth-order valence-electron chi connectivity index (χ4n) is 2.85. The van der Waals surface area contributed by atoms with Crippen molar-refractivity contribution in [3.05, 3.63) is 75.7 Å². The number of carbonyl (C=O) groups excluding carboxylic acids is 1. The van der Waals surface area contributed by atoms with Crippen LogP contribution in [0.2, 0.25) is 0 Å². The third-order valence-corrected chi connectivity index (χ3v) is 4.94. The van der Waals surface area contributed by atoms with Crippen LogP contribution in [0.5, 0.6) is 0 Å². The number of carbonyl (C=O) groups is 1. The number of hydrogen-bond acceptors (Lipinski definition) is 5. The Morgan fingerprint density at radius 1 is 1.13 bits per heavy atom. The molecule has 0 saturated carbocycles. The Morgan fingerprint density at radius 3 is 2.60 bits per heavy atom. The fraction of sp³-hybridized carbons (Fsp3) is 0.190. The first-order valence-corrected chi connectivity index (χ1v) is 11.1. The van der Waals surface area contributed by atoms with Gasteiger partial charge >= 0.3 is 0 Å². The number of aryl methyl sites for hydroxylation is 2. The normalized spacial score (nSPS) is 11.2. The van der Waals surface area contributed by atoms with Crippen molar-refractivity contribution in [3.63, 3.8) is 0 Å². The van der Waals surface area contributed by atoms with Gasteiger partial charge in [-0.3, -0.25) is 14.3 Å². The lowest BCUT2D eigenvalue weighted by molar-refractivity contribution is 0.102. The molecule has 8 nitrogen and oxygen atoms in total. The van der Waals surface area contributed by atoms with E-state index in [1.807, 2.05) is 6.92 Å². The molecule has 0 saturated heterocycles. The van der Waals surface area contributed by atoms with Gasteiger partial charge in [-0.2, -0.15) is 0 Å². The molecule has 0 aliphatic carbocycles. The van der Waals surface area contributed by atoms with Crippen molar-refractivity contribution in [2.75, 3.05) is 16.3 Å². The largest absolute Gasteiger partial charge is 0.322 e. The van der Waals surface area contributed by atoms with Crippen LogP contribution in [0.1, 0.15) is 28.5 Å². The smallest absolute Gasteiger partial charge is 0.255 e. The predicted octanol–water partition coefficient (Wildman–Crippen LogP) is 2.93. The Kier molecular flexibility index (Phi) is 6.02. The van der Waals surface area contributed by atoms with Gasteiger partial charge in [-0.1, -0.05) is 25.1 Å². The average Bonchev–Trinajstić information content (AvgIpc) is 2.68. The van der Waals surface area contributed by atoms with Gasteiger partial charge in [0.05, 0.1) is 11.9 Å². The Labute approximate surface area is 174 Å². The Bertz CT molecular complexity index is 1270. The van der Waals surface area contributed by atoms with E-state index in [-0.39, 0.29) is 5.56 Å². The number of nitrogens with zero attached hydrogens (tertiary/aromatic N) is 1. The maximum absolute atomic E-state index is 12.7. The van der Waals surface area contributed by atoms with E-state index in [1.54, 1.807) is 43.3 Å². The van der Waals surface area contributed by atoms with Gasteiger partial charge in [-0.05, 0) is 43.2 Å². The Balaban J connectivity index is 1.86. The van der Waals surface area contributed by atoms with Crippen molar-refractivity contribution in [2.24, 2.45) is 0 Å². The summed E-state index contributed by atoms with van der Waals surface area (Å²) in [5.41, 5.74) is 2.95. The van der Waals surface area contributed by atoms with Gasteiger partial charge in [0, 0.05) is 28.6 Å². The van der Waals surface area contributed by atoms with Crippen molar-refractivity contribution in [2.45, 2.75) is 20.3 Å². The van der Waals surface area contributed by atoms with E-state index in [1.165, 1.54) is 12.1 Å². The molecule has 3 N–H and O–H groups in total. The molecule has 30 heavy (non-hydrogen) atoms. The summed E-state index contributed by atoms with van der Waals surface area (Å²) in [5, 5.41) is 2.79. The van der Waals surface area contributed by atoms with E-state index >= 15 is 0 Å². The van der Waals surface area contributed by atoms with E-state index in [4.69, 9.17) is 0 Å². The van der Waals surface area contributed by atoms with E-state index in [2.05, 4.69) is 20.0 Å². The topological polar surface area (TPSA) is 121 Å². The lowest BCUT2D eigenvalue weighted by Gasteiger charge is -2.11. The molecule has 0 unspecified atom stereocenters. The Morgan fingerprint density at radius 2 is 1.90 bits per heavy atom. The number of amides is 1. The molecule has 0 spiro atoms. The second-order valence-corrected chi connectivity index (χ2v) is 8.63. The number of sulfonamides is 1. The minimum Gasteiger partial charge on any atom is -0.322 e. The van der Waals surface area contributed by atoms with E-state index in [9.17, 15) is 18.0 Å². The van der Waals surface area contributed by atoms with Crippen LogP contribution in [0.3, 0.4) is 0 Å². The summed E-state index contributed by atoms with van der Waals surface area (Å²) < 4.78 is 25.5. The van der Waals surface area contributed by atoms with E-state index < -0.39 is 15.9 Å². The lowest BCUT2D eigenvalue weighted by atomic mass is 10.1. The van der Waals surface area contributed by atoms with E-state index in [0.717, 1.165) is 6.26 Å². The first-order chi connectivity index (χ1) is 14.1. The van der Waals surface area contributed by atoms with E-state index in [0.29, 0.717) is 46.0 Å². The first-order valence-electron chi connectivity index (χ1n) is 9.25. The summed E-state index contributed by atoms with van der Waals surface area (Å²) in [4.78, 5) is 31.6. The monoisotopic (exact) mass is 426 g/mol. The summed E-state index contributed by atoms with van der Waals surface area (Å²) in [5.74, 6) is 0.0258. The molecule has 9 heteroatoms. The van der Waals surface area contributed by atoms with Crippen LogP contribution in [-0.4, -0.2) is 30.5 Å². The second kappa shape index (κ2) is 8.50. The number of benzene rings is 2. The molecular weight excluding hydrogens is 404 g/mol. The van der Waals surface area contributed by atoms with Crippen LogP contribution in [0.4, 0.5) is 11.4 Å². The number of anilines is 2. The van der Waals surface area contributed by atoms with Gasteiger partial charge in [0.25, 0.3) is 11.5 Å². The molecular formula is C21H22N4O4S. The number of aromatic amines is 1. The molecule has 3 rings (SSSR count). The van der Waals surface area contributed by atoms with Crippen LogP contribution in [0.25, 0.3) is 11.4 Å².